The molecule has 134 valence electrons. The number of thioether (sulfide) groups is 1. The van der Waals surface area contributed by atoms with Crippen molar-refractivity contribution in [3.05, 3.63) is 52.6 Å². The zero-order valence-corrected chi connectivity index (χ0v) is 14.6. The first-order valence-electron chi connectivity index (χ1n) is 7.63. The van der Waals surface area contributed by atoms with Crippen molar-refractivity contribution in [2.75, 3.05) is 29.6 Å². The molecule has 0 bridgehead atoms. The molecule has 0 radical (unpaired) electrons. The van der Waals surface area contributed by atoms with Gasteiger partial charge >= 0.3 is 0 Å². The summed E-state index contributed by atoms with van der Waals surface area (Å²) in [7, 11) is 0. The van der Waals surface area contributed by atoms with Gasteiger partial charge < -0.3 is 10.1 Å². The molecular formula is C17H15N3O5S. The van der Waals surface area contributed by atoms with Crippen LogP contribution in [0.15, 0.2) is 47.4 Å². The number of nitro benzene ring substituents is 1. The van der Waals surface area contributed by atoms with Gasteiger partial charge in [-0.2, -0.15) is 0 Å². The van der Waals surface area contributed by atoms with Crippen molar-refractivity contribution in [2.45, 2.75) is 4.90 Å². The van der Waals surface area contributed by atoms with Crippen molar-refractivity contribution in [1.82, 2.24) is 0 Å². The van der Waals surface area contributed by atoms with E-state index in [1.807, 2.05) is 18.4 Å². The molecule has 0 saturated heterocycles. The van der Waals surface area contributed by atoms with Gasteiger partial charge in [0.15, 0.2) is 6.61 Å². The third-order valence-electron chi connectivity index (χ3n) is 3.77. The van der Waals surface area contributed by atoms with Crippen LogP contribution in [0.25, 0.3) is 0 Å². The molecule has 1 aliphatic heterocycles. The zero-order valence-electron chi connectivity index (χ0n) is 13.8. The first kappa shape index (κ1) is 17.7. The van der Waals surface area contributed by atoms with E-state index in [4.69, 9.17) is 4.74 Å². The molecule has 26 heavy (non-hydrogen) atoms. The van der Waals surface area contributed by atoms with E-state index in [-0.39, 0.29) is 24.5 Å². The van der Waals surface area contributed by atoms with Gasteiger partial charge in [-0.05, 0) is 36.6 Å². The van der Waals surface area contributed by atoms with Crippen LogP contribution < -0.4 is 15.0 Å². The summed E-state index contributed by atoms with van der Waals surface area (Å²) in [5, 5.41) is 13.7. The lowest BCUT2D eigenvalue weighted by molar-refractivity contribution is -0.384. The van der Waals surface area contributed by atoms with E-state index in [9.17, 15) is 19.7 Å². The summed E-state index contributed by atoms with van der Waals surface area (Å²) in [4.78, 5) is 37.1. The van der Waals surface area contributed by atoms with Gasteiger partial charge in [0.2, 0.25) is 5.91 Å². The highest BCUT2D eigenvalue weighted by Crippen LogP contribution is 2.35. The first-order chi connectivity index (χ1) is 12.5. The van der Waals surface area contributed by atoms with Gasteiger partial charge in [-0.15, -0.1) is 11.8 Å². The highest BCUT2D eigenvalue weighted by Gasteiger charge is 2.29. The van der Waals surface area contributed by atoms with Crippen molar-refractivity contribution in [3.8, 4) is 5.75 Å². The number of nitrogens with one attached hydrogen (secondary N) is 1. The molecule has 1 aliphatic rings. The van der Waals surface area contributed by atoms with E-state index in [1.54, 1.807) is 23.9 Å². The summed E-state index contributed by atoms with van der Waals surface area (Å²) >= 11 is 1.59. The first-order valence-corrected chi connectivity index (χ1v) is 8.86. The Bertz CT molecular complexity index is 869. The Morgan fingerprint density at radius 1 is 1.31 bits per heavy atom. The Morgan fingerprint density at radius 3 is 2.69 bits per heavy atom. The van der Waals surface area contributed by atoms with Crippen LogP contribution in [0.3, 0.4) is 0 Å². The van der Waals surface area contributed by atoms with E-state index in [2.05, 4.69) is 5.32 Å². The maximum absolute atomic E-state index is 12.3. The average molecular weight is 373 g/mol. The smallest absolute Gasteiger partial charge is 0.271 e. The summed E-state index contributed by atoms with van der Waals surface area (Å²) in [6.07, 6.45) is 1.95. The van der Waals surface area contributed by atoms with E-state index < -0.39 is 16.7 Å². The van der Waals surface area contributed by atoms with Crippen LogP contribution in [-0.2, 0) is 9.59 Å². The Balaban J connectivity index is 1.78. The largest absolute Gasteiger partial charge is 0.482 e. The highest BCUT2D eigenvalue weighted by molar-refractivity contribution is 7.98. The molecule has 9 heteroatoms. The number of rotatable bonds is 5. The normalized spacial score (nSPS) is 13.0. The fourth-order valence-electron chi connectivity index (χ4n) is 2.50. The monoisotopic (exact) mass is 373 g/mol. The third-order valence-corrected chi connectivity index (χ3v) is 4.52. The zero-order chi connectivity index (χ0) is 18.7. The molecular weight excluding hydrogens is 358 g/mol. The summed E-state index contributed by atoms with van der Waals surface area (Å²) in [6.45, 7) is -0.485. The second-order valence-electron chi connectivity index (χ2n) is 5.45. The van der Waals surface area contributed by atoms with Crippen LogP contribution in [-0.4, -0.2) is 36.1 Å². The summed E-state index contributed by atoms with van der Waals surface area (Å²) in [5.74, 6) is -0.521. The number of benzene rings is 2. The third kappa shape index (κ3) is 3.77. The molecule has 0 saturated carbocycles. The van der Waals surface area contributed by atoms with E-state index >= 15 is 0 Å². The minimum atomic E-state index is -0.565. The molecule has 2 amide bonds. The quantitative estimate of drug-likeness (QED) is 0.491. The van der Waals surface area contributed by atoms with E-state index in [0.29, 0.717) is 11.4 Å². The Kier molecular flexibility index (Phi) is 5.08. The molecule has 0 fully saturated rings. The Labute approximate surface area is 153 Å². The molecule has 0 aliphatic carbocycles. The second kappa shape index (κ2) is 7.44. The van der Waals surface area contributed by atoms with E-state index in [0.717, 1.165) is 4.90 Å². The highest BCUT2D eigenvalue weighted by atomic mass is 32.2. The summed E-state index contributed by atoms with van der Waals surface area (Å²) < 4.78 is 5.28. The molecule has 1 heterocycles. The number of hydrogen-bond acceptors (Lipinski definition) is 6. The van der Waals surface area contributed by atoms with Crippen LogP contribution >= 0.6 is 11.8 Å². The lowest BCUT2D eigenvalue weighted by Crippen LogP contribution is -2.43. The van der Waals surface area contributed by atoms with Gasteiger partial charge in [0.05, 0.1) is 10.6 Å². The van der Waals surface area contributed by atoms with Crippen LogP contribution in [0.5, 0.6) is 5.75 Å². The summed E-state index contributed by atoms with van der Waals surface area (Å²) in [6, 6.07) is 11.2. The maximum atomic E-state index is 12.3. The second-order valence-corrected chi connectivity index (χ2v) is 6.33. The van der Waals surface area contributed by atoms with Gasteiger partial charge in [0.25, 0.3) is 11.6 Å². The van der Waals surface area contributed by atoms with Gasteiger partial charge in [-0.1, -0.05) is 0 Å². The molecule has 1 N–H and O–H groups in total. The number of anilines is 2. The molecule has 2 aromatic carbocycles. The number of fused-ring (bicyclic) bond motifs is 1. The predicted molar refractivity (Wildman–Crippen MR) is 97.8 cm³/mol. The average Bonchev–Trinajstić information content (AvgIpc) is 2.64. The molecule has 0 unspecified atom stereocenters. The molecule has 2 aromatic rings. The maximum Gasteiger partial charge on any atom is 0.271 e. The number of ether oxygens (including phenoxy) is 1. The topological polar surface area (TPSA) is 102 Å². The number of carbonyl (C=O) groups excluding carboxylic acids is 2. The number of nitrogens with zero attached hydrogens (tertiary/aromatic N) is 2. The van der Waals surface area contributed by atoms with Gasteiger partial charge in [0, 0.05) is 22.7 Å². The van der Waals surface area contributed by atoms with Crippen LogP contribution in [0, 0.1) is 10.1 Å². The molecule has 8 nitrogen and oxygen atoms in total. The Morgan fingerprint density at radius 2 is 2.04 bits per heavy atom. The lowest BCUT2D eigenvalue weighted by atomic mass is 10.2. The molecule has 0 aromatic heterocycles. The van der Waals surface area contributed by atoms with Crippen LogP contribution in [0.2, 0.25) is 0 Å². The SMILES string of the molecule is CSc1ccc(NC(=O)CN2C(=O)COc3ccc([N+](=O)[O-])cc32)cc1. The summed E-state index contributed by atoms with van der Waals surface area (Å²) in [5.41, 5.74) is 0.635. The van der Waals surface area contributed by atoms with Crippen molar-refractivity contribution in [3.63, 3.8) is 0 Å². The molecule has 0 spiro atoms. The molecule has 0 atom stereocenters. The number of nitro groups is 1. The van der Waals surface area contributed by atoms with Gasteiger partial charge in [0.1, 0.15) is 12.3 Å². The molecule has 3 rings (SSSR count). The van der Waals surface area contributed by atoms with Gasteiger partial charge in [-0.25, -0.2) is 0 Å². The standard InChI is InChI=1S/C17H15N3O5S/c1-26-13-5-2-11(3-6-13)18-16(21)9-19-14-8-12(20(23)24)4-7-15(14)25-10-17(19)22/h2-8H,9-10H2,1H3,(H,18,21). The Hall–Kier alpha value is -3.07. The number of hydrogen-bond donors (Lipinski definition) is 1. The van der Waals surface area contributed by atoms with Gasteiger partial charge in [-0.3, -0.25) is 24.6 Å². The number of carbonyl (C=O) groups is 2. The lowest BCUT2D eigenvalue weighted by Gasteiger charge is -2.28. The van der Waals surface area contributed by atoms with Crippen LogP contribution in [0.4, 0.5) is 17.1 Å². The van der Waals surface area contributed by atoms with Crippen molar-refractivity contribution in [1.29, 1.82) is 0 Å². The van der Waals surface area contributed by atoms with Crippen molar-refractivity contribution in [2.24, 2.45) is 0 Å². The van der Waals surface area contributed by atoms with Crippen molar-refractivity contribution >= 4 is 40.6 Å². The predicted octanol–water partition coefficient (Wildman–Crippen LogP) is 2.68. The minimum Gasteiger partial charge on any atom is -0.482 e. The minimum absolute atomic E-state index is 0.180. The van der Waals surface area contributed by atoms with Crippen molar-refractivity contribution < 1.29 is 19.2 Å². The number of amides is 2. The number of non-ortho nitro benzene ring substituents is 1. The van der Waals surface area contributed by atoms with E-state index in [1.165, 1.54) is 23.1 Å². The fourth-order valence-corrected chi connectivity index (χ4v) is 2.90. The van der Waals surface area contributed by atoms with Crippen LogP contribution in [0.1, 0.15) is 0 Å². The fraction of sp³-hybridized carbons (Fsp3) is 0.176.